The second-order valence-corrected chi connectivity index (χ2v) is 7.04. The van der Waals surface area contributed by atoms with E-state index in [1.165, 1.54) is 6.33 Å². The highest BCUT2D eigenvalue weighted by Gasteiger charge is 2.56. The van der Waals surface area contributed by atoms with E-state index in [1.54, 1.807) is 11.0 Å². The maximum atomic E-state index is 6.35. The number of hydrogen-bond donors (Lipinski definition) is 0. The molecule has 124 valence electrons. The number of aromatic nitrogens is 3. The number of para-hydroxylation sites is 1. The highest BCUT2D eigenvalue weighted by Crippen LogP contribution is 2.45. The first kappa shape index (κ1) is 16.0. The first-order valence-corrected chi connectivity index (χ1v) is 7.73. The molecule has 1 aromatic carbocycles. The van der Waals surface area contributed by atoms with Crippen LogP contribution in [0.4, 0.5) is 0 Å². The van der Waals surface area contributed by atoms with E-state index in [9.17, 15) is 0 Å². The molecule has 2 heterocycles. The minimum Gasteiger partial charge on any atom is -0.460 e. The quantitative estimate of drug-likeness (QED) is 0.868. The van der Waals surface area contributed by atoms with Crippen LogP contribution in [0.2, 0.25) is 0 Å². The lowest BCUT2D eigenvalue weighted by atomic mass is 9.85. The molecule has 23 heavy (non-hydrogen) atoms. The van der Waals surface area contributed by atoms with Crippen molar-refractivity contribution in [2.45, 2.75) is 45.8 Å². The number of rotatable bonds is 4. The molecule has 0 radical (unpaired) electrons. The fourth-order valence-corrected chi connectivity index (χ4v) is 2.66. The zero-order valence-corrected chi connectivity index (χ0v) is 14.0. The molecule has 6 heteroatoms. The van der Waals surface area contributed by atoms with Gasteiger partial charge >= 0.3 is 0 Å². The average molecular weight is 317 g/mol. The Hall–Kier alpha value is -1.92. The average Bonchev–Trinajstić information content (AvgIpc) is 3.09. The fourth-order valence-electron chi connectivity index (χ4n) is 2.66. The minimum atomic E-state index is -0.852. The summed E-state index contributed by atoms with van der Waals surface area (Å²) in [6.07, 6.45) is 3.17. The van der Waals surface area contributed by atoms with Crippen LogP contribution >= 0.6 is 0 Å². The van der Waals surface area contributed by atoms with Crippen molar-refractivity contribution in [2.75, 3.05) is 6.61 Å². The number of hydrogen-bond acceptors (Lipinski definition) is 5. The van der Waals surface area contributed by atoms with E-state index in [0.717, 1.165) is 5.75 Å². The van der Waals surface area contributed by atoms with Gasteiger partial charge in [-0.2, -0.15) is 5.10 Å². The lowest BCUT2D eigenvalue weighted by molar-refractivity contribution is -0.280. The summed E-state index contributed by atoms with van der Waals surface area (Å²) in [7, 11) is 0. The molecule has 0 N–H and O–H groups in total. The van der Waals surface area contributed by atoms with Crippen molar-refractivity contribution in [1.29, 1.82) is 0 Å². The van der Waals surface area contributed by atoms with Crippen molar-refractivity contribution >= 4 is 0 Å². The Kier molecular flexibility index (Phi) is 3.90. The lowest BCUT2D eigenvalue weighted by Crippen LogP contribution is -2.50. The van der Waals surface area contributed by atoms with Crippen LogP contribution in [0.15, 0.2) is 43.0 Å². The summed E-state index contributed by atoms with van der Waals surface area (Å²) >= 11 is 0. The van der Waals surface area contributed by atoms with Gasteiger partial charge in [-0.1, -0.05) is 39.0 Å². The third-order valence-electron chi connectivity index (χ3n) is 4.00. The molecule has 0 saturated carbocycles. The van der Waals surface area contributed by atoms with Crippen molar-refractivity contribution in [3.05, 3.63) is 43.0 Å². The van der Waals surface area contributed by atoms with Gasteiger partial charge in [0.25, 0.3) is 0 Å². The van der Waals surface area contributed by atoms with E-state index in [4.69, 9.17) is 14.2 Å². The molecule has 2 unspecified atom stereocenters. The Balaban J connectivity index is 1.83. The van der Waals surface area contributed by atoms with E-state index in [1.807, 2.05) is 37.3 Å². The van der Waals surface area contributed by atoms with Crippen LogP contribution in [0, 0.1) is 5.41 Å². The van der Waals surface area contributed by atoms with Gasteiger partial charge in [0.1, 0.15) is 25.0 Å². The van der Waals surface area contributed by atoms with Gasteiger partial charge in [-0.15, -0.1) is 0 Å². The monoisotopic (exact) mass is 317 g/mol. The fraction of sp³-hybridized carbons (Fsp3) is 0.529. The van der Waals surface area contributed by atoms with E-state index in [0.29, 0.717) is 13.2 Å². The second kappa shape index (κ2) is 5.62. The van der Waals surface area contributed by atoms with E-state index in [2.05, 4.69) is 30.9 Å². The predicted molar refractivity (Wildman–Crippen MR) is 84.7 cm³/mol. The zero-order chi connectivity index (χ0) is 16.6. The maximum Gasteiger partial charge on any atom is 0.234 e. The molecule has 1 aromatic heterocycles. The molecule has 2 atom stereocenters. The predicted octanol–water partition coefficient (Wildman–Crippen LogP) is 2.86. The van der Waals surface area contributed by atoms with Crippen LogP contribution in [0.5, 0.6) is 5.75 Å². The summed E-state index contributed by atoms with van der Waals surface area (Å²) in [5.41, 5.74) is -0.267. The van der Waals surface area contributed by atoms with Gasteiger partial charge in [-0.05, 0) is 12.1 Å². The molecule has 1 saturated heterocycles. The Morgan fingerprint density at radius 1 is 1.26 bits per heavy atom. The van der Waals surface area contributed by atoms with Crippen molar-refractivity contribution in [2.24, 2.45) is 5.41 Å². The van der Waals surface area contributed by atoms with Gasteiger partial charge in [-0.25, -0.2) is 9.67 Å². The molecule has 6 nitrogen and oxygen atoms in total. The highest BCUT2D eigenvalue weighted by molar-refractivity contribution is 5.21. The van der Waals surface area contributed by atoms with E-state index < -0.39 is 11.6 Å². The third-order valence-corrected chi connectivity index (χ3v) is 4.00. The molecule has 0 bridgehead atoms. The summed E-state index contributed by atoms with van der Waals surface area (Å²) < 4.78 is 20.2. The molecule has 1 fully saturated rings. The van der Waals surface area contributed by atoms with Gasteiger partial charge in [0.15, 0.2) is 5.79 Å². The van der Waals surface area contributed by atoms with Crippen molar-refractivity contribution < 1.29 is 14.2 Å². The standard InChI is InChI=1S/C17H23N3O3/c1-15(2,3)17(10-20-13-18-12-19-20)21-11-16(4,23-17)22-14-8-6-5-7-9-14/h5-9,12-13H,10-11H2,1-4H3. The maximum absolute atomic E-state index is 6.35. The second-order valence-electron chi connectivity index (χ2n) is 7.04. The SMILES string of the molecule is CC1(Oc2ccccc2)COC(Cn2cncn2)(C(C)(C)C)O1. The van der Waals surface area contributed by atoms with Gasteiger partial charge in [-0.3, -0.25) is 0 Å². The molecule has 0 amide bonds. The van der Waals surface area contributed by atoms with Crippen LogP contribution in [0.25, 0.3) is 0 Å². The molecule has 0 spiro atoms. The van der Waals surface area contributed by atoms with Crippen LogP contribution in [0.3, 0.4) is 0 Å². The first-order valence-electron chi connectivity index (χ1n) is 7.73. The largest absolute Gasteiger partial charge is 0.460 e. The Morgan fingerprint density at radius 2 is 2.00 bits per heavy atom. The smallest absolute Gasteiger partial charge is 0.234 e. The zero-order valence-electron chi connectivity index (χ0n) is 14.0. The Labute approximate surface area is 136 Å². The van der Waals surface area contributed by atoms with Gasteiger partial charge in [0.05, 0.1) is 6.54 Å². The minimum absolute atomic E-state index is 0.267. The van der Waals surface area contributed by atoms with Crippen LogP contribution in [-0.4, -0.2) is 32.9 Å². The van der Waals surface area contributed by atoms with Crippen LogP contribution < -0.4 is 4.74 Å². The summed E-state index contributed by atoms with van der Waals surface area (Å²) in [6.45, 7) is 8.93. The van der Waals surface area contributed by atoms with E-state index >= 15 is 0 Å². The van der Waals surface area contributed by atoms with Crippen molar-refractivity contribution in [3.63, 3.8) is 0 Å². The molecule has 2 aromatic rings. The Bertz CT molecular complexity index is 639. The number of nitrogens with zero attached hydrogens (tertiary/aromatic N) is 3. The van der Waals surface area contributed by atoms with Crippen LogP contribution in [0.1, 0.15) is 27.7 Å². The van der Waals surface area contributed by atoms with Crippen molar-refractivity contribution in [3.8, 4) is 5.75 Å². The summed E-state index contributed by atoms with van der Waals surface area (Å²) in [5, 5.41) is 4.17. The number of ether oxygens (including phenoxy) is 3. The van der Waals surface area contributed by atoms with Gasteiger partial charge < -0.3 is 14.2 Å². The summed E-state index contributed by atoms with van der Waals surface area (Å²) in [4.78, 5) is 3.99. The first-order chi connectivity index (χ1) is 10.8. The van der Waals surface area contributed by atoms with Crippen LogP contribution in [-0.2, 0) is 16.0 Å². The number of benzene rings is 1. The van der Waals surface area contributed by atoms with Gasteiger partial charge in [0, 0.05) is 12.3 Å². The molecule has 1 aliphatic heterocycles. The summed E-state index contributed by atoms with van der Waals surface area (Å²) in [6, 6.07) is 9.62. The molecular weight excluding hydrogens is 294 g/mol. The Morgan fingerprint density at radius 3 is 2.61 bits per heavy atom. The third kappa shape index (κ3) is 3.23. The van der Waals surface area contributed by atoms with Gasteiger partial charge in [0.2, 0.25) is 5.79 Å². The topological polar surface area (TPSA) is 58.4 Å². The molecule has 3 rings (SSSR count). The van der Waals surface area contributed by atoms with E-state index in [-0.39, 0.29) is 5.41 Å². The molecule has 1 aliphatic rings. The molecule has 0 aliphatic carbocycles. The summed E-state index contributed by atoms with van der Waals surface area (Å²) in [5.74, 6) is -0.941. The highest BCUT2D eigenvalue weighted by atomic mass is 16.8. The molecular formula is C17H23N3O3. The van der Waals surface area contributed by atoms with Crippen molar-refractivity contribution in [1.82, 2.24) is 14.8 Å². The normalized spacial score (nSPS) is 28.0. The lowest BCUT2D eigenvalue weighted by Gasteiger charge is -2.40.